The van der Waals surface area contributed by atoms with Crippen molar-refractivity contribution in [3.63, 3.8) is 0 Å². The van der Waals surface area contributed by atoms with Gasteiger partial charge in [-0.2, -0.15) is 0 Å². The maximum Gasteiger partial charge on any atom is 0.202 e. The molecule has 2 heterocycles. The molecule has 2 N–H and O–H groups in total. The molecule has 2 rings (SSSR count). The van der Waals surface area contributed by atoms with E-state index in [4.69, 9.17) is 5.73 Å². The number of aromatic nitrogens is 3. The van der Waals surface area contributed by atoms with Crippen molar-refractivity contribution in [2.24, 2.45) is 11.8 Å². The third-order valence-electron chi connectivity index (χ3n) is 3.19. The Labute approximate surface area is 109 Å². The zero-order valence-corrected chi connectivity index (χ0v) is 11.9. The molecular formula is C12H17BrN4. The SMILES string of the molecule is CC(C)C(C)Cn1c(N)nc2cc(Br)cnc21. The van der Waals surface area contributed by atoms with Crippen LogP contribution in [-0.4, -0.2) is 14.5 Å². The van der Waals surface area contributed by atoms with Crippen LogP contribution in [0.2, 0.25) is 0 Å². The Hall–Kier alpha value is -1.10. The van der Waals surface area contributed by atoms with Crippen LogP contribution < -0.4 is 5.73 Å². The van der Waals surface area contributed by atoms with Gasteiger partial charge in [-0.15, -0.1) is 0 Å². The first-order valence-corrected chi connectivity index (χ1v) is 6.55. The van der Waals surface area contributed by atoms with Gasteiger partial charge in [0.1, 0.15) is 5.52 Å². The first-order chi connectivity index (χ1) is 7.99. The summed E-state index contributed by atoms with van der Waals surface area (Å²) in [7, 11) is 0. The fourth-order valence-corrected chi connectivity index (χ4v) is 2.00. The van der Waals surface area contributed by atoms with Crippen LogP contribution in [0.5, 0.6) is 0 Å². The van der Waals surface area contributed by atoms with Crippen molar-refractivity contribution in [3.8, 4) is 0 Å². The minimum Gasteiger partial charge on any atom is -0.369 e. The van der Waals surface area contributed by atoms with Crippen LogP contribution in [0.4, 0.5) is 5.95 Å². The summed E-state index contributed by atoms with van der Waals surface area (Å²) in [6.07, 6.45) is 1.78. The highest BCUT2D eigenvalue weighted by Crippen LogP contribution is 2.22. The van der Waals surface area contributed by atoms with Crippen molar-refractivity contribution in [3.05, 3.63) is 16.7 Å². The number of imidazole rings is 1. The van der Waals surface area contributed by atoms with Crippen molar-refractivity contribution >= 4 is 33.0 Å². The van der Waals surface area contributed by atoms with Crippen LogP contribution in [0.1, 0.15) is 20.8 Å². The first-order valence-electron chi connectivity index (χ1n) is 5.76. The van der Waals surface area contributed by atoms with Crippen molar-refractivity contribution in [2.45, 2.75) is 27.3 Å². The lowest BCUT2D eigenvalue weighted by atomic mass is 9.98. The number of nitrogens with two attached hydrogens (primary N) is 1. The molecule has 1 unspecified atom stereocenters. The molecule has 2 aromatic heterocycles. The molecule has 17 heavy (non-hydrogen) atoms. The molecule has 0 aromatic carbocycles. The molecule has 4 nitrogen and oxygen atoms in total. The molecule has 0 bridgehead atoms. The second-order valence-electron chi connectivity index (χ2n) is 4.80. The second kappa shape index (κ2) is 4.64. The van der Waals surface area contributed by atoms with E-state index in [1.54, 1.807) is 6.20 Å². The van der Waals surface area contributed by atoms with Gasteiger partial charge in [0.25, 0.3) is 0 Å². The summed E-state index contributed by atoms with van der Waals surface area (Å²) in [5, 5.41) is 0. The molecule has 0 saturated carbocycles. The molecule has 0 fully saturated rings. The molecule has 5 heteroatoms. The average molecular weight is 297 g/mol. The molecule has 0 radical (unpaired) electrons. The fraction of sp³-hybridized carbons (Fsp3) is 0.500. The highest BCUT2D eigenvalue weighted by Gasteiger charge is 2.14. The zero-order chi connectivity index (χ0) is 12.6. The van der Waals surface area contributed by atoms with E-state index in [2.05, 4.69) is 46.7 Å². The number of hydrogen-bond acceptors (Lipinski definition) is 3. The Morgan fingerprint density at radius 3 is 2.76 bits per heavy atom. The standard InChI is InChI=1S/C12H17BrN4/c1-7(2)8(3)6-17-11-10(16-12(17)14)4-9(13)5-15-11/h4-5,7-8H,6H2,1-3H3,(H2,14,16). The summed E-state index contributed by atoms with van der Waals surface area (Å²) < 4.78 is 2.92. The zero-order valence-electron chi connectivity index (χ0n) is 10.3. The summed E-state index contributed by atoms with van der Waals surface area (Å²) in [5.74, 6) is 1.69. The van der Waals surface area contributed by atoms with Crippen LogP contribution in [0, 0.1) is 11.8 Å². The average Bonchev–Trinajstić information content (AvgIpc) is 2.54. The number of halogens is 1. The Bertz CT molecular complexity index is 533. The predicted octanol–water partition coefficient (Wildman–Crippen LogP) is 3.07. The molecule has 92 valence electrons. The number of rotatable bonds is 3. The van der Waals surface area contributed by atoms with Crippen LogP contribution in [-0.2, 0) is 6.54 Å². The van der Waals surface area contributed by atoms with Crippen molar-refractivity contribution in [2.75, 3.05) is 5.73 Å². The number of anilines is 1. The fourth-order valence-electron chi connectivity index (χ4n) is 1.68. The molecule has 0 spiro atoms. The van der Waals surface area contributed by atoms with Crippen LogP contribution in [0.3, 0.4) is 0 Å². The maximum atomic E-state index is 5.95. The van der Waals surface area contributed by atoms with Gasteiger partial charge in [-0.25, -0.2) is 9.97 Å². The predicted molar refractivity (Wildman–Crippen MR) is 73.6 cm³/mol. The Morgan fingerprint density at radius 2 is 2.12 bits per heavy atom. The van der Waals surface area contributed by atoms with E-state index in [0.717, 1.165) is 22.2 Å². The quantitative estimate of drug-likeness (QED) is 0.947. The molecule has 0 aliphatic heterocycles. The van der Waals surface area contributed by atoms with Crippen LogP contribution in [0.25, 0.3) is 11.2 Å². The molecule has 2 aromatic rings. The van der Waals surface area contributed by atoms with Crippen molar-refractivity contribution < 1.29 is 0 Å². The van der Waals surface area contributed by atoms with Crippen LogP contribution >= 0.6 is 15.9 Å². The Kier molecular flexibility index (Phi) is 3.38. The third kappa shape index (κ3) is 2.44. The lowest BCUT2D eigenvalue weighted by molar-refractivity contribution is 0.370. The monoisotopic (exact) mass is 296 g/mol. The van der Waals surface area contributed by atoms with Crippen molar-refractivity contribution in [1.29, 1.82) is 0 Å². The second-order valence-corrected chi connectivity index (χ2v) is 5.71. The molecule has 1 atom stereocenters. The van der Waals surface area contributed by atoms with Gasteiger partial charge in [-0.1, -0.05) is 20.8 Å². The largest absolute Gasteiger partial charge is 0.369 e. The lowest BCUT2D eigenvalue weighted by Crippen LogP contribution is -2.15. The van der Waals surface area contributed by atoms with E-state index in [1.807, 2.05) is 10.6 Å². The van der Waals surface area contributed by atoms with E-state index in [9.17, 15) is 0 Å². The number of fused-ring (bicyclic) bond motifs is 1. The normalized spacial score (nSPS) is 13.5. The number of pyridine rings is 1. The summed E-state index contributed by atoms with van der Waals surface area (Å²) >= 11 is 3.39. The van der Waals surface area contributed by atoms with Gasteiger partial charge in [-0.3, -0.25) is 4.57 Å². The molecule has 0 aliphatic carbocycles. The Morgan fingerprint density at radius 1 is 1.41 bits per heavy atom. The molecule has 0 amide bonds. The minimum atomic E-state index is 0.540. The van der Waals surface area contributed by atoms with Gasteiger partial charge < -0.3 is 5.73 Å². The summed E-state index contributed by atoms with van der Waals surface area (Å²) in [5.41, 5.74) is 7.65. The smallest absolute Gasteiger partial charge is 0.202 e. The van der Waals surface area contributed by atoms with Gasteiger partial charge in [-0.05, 0) is 33.8 Å². The molecule has 0 aliphatic rings. The van der Waals surface area contributed by atoms with E-state index in [0.29, 0.717) is 17.8 Å². The van der Waals surface area contributed by atoms with E-state index in [1.165, 1.54) is 0 Å². The maximum absolute atomic E-state index is 5.95. The van der Waals surface area contributed by atoms with E-state index < -0.39 is 0 Å². The number of nitrogen functional groups attached to an aromatic ring is 1. The highest BCUT2D eigenvalue weighted by atomic mass is 79.9. The third-order valence-corrected chi connectivity index (χ3v) is 3.62. The number of hydrogen-bond donors (Lipinski definition) is 1. The van der Waals surface area contributed by atoms with Crippen LogP contribution in [0.15, 0.2) is 16.7 Å². The lowest BCUT2D eigenvalue weighted by Gasteiger charge is -2.16. The topological polar surface area (TPSA) is 56.7 Å². The highest BCUT2D eigenvalue weighted by molar-refractivity contribution is 9.10. The van der Waals surface area contributed by atoms with Gasteiger partial charge in [0.05, 0.1) is 0 Å². The first kappa shape index (κ1) is 12.4. The van der Waals surface area contributed by atoms with Gasteiger partial charge in [0, 0.05) is 17.2 Å². The van der Waals surface area contributed by atoms with Gasteiger partial charge in [0.15, 0.2) is 5.65 Å². The van der Waals surface area contributed by atoms with Crippen molar-refractivity contribution in [1.82, 2.24) is 14.5 Å². The summed E-state index contributed by atoms with van der Waals surface area (Å²) in [6, 6.07) is 1.94. The molecular weight excluding hydrogens is 280 g/mol. The Balaban J connectivity index is 2.43. The minimum absolute atomic E-state index is 0.540. The van der Waals surface area contributed by atoms with E-state index in [-0.39, 0.29) is 0 Å². The summed E-state index contributed by atoms with van der Waals surface area (Å²) in [6.45, 7) is 7.50. The summed E-state index contributed by atoms with van der Waals surface area (Å²) in [4.78, 5) is 8.72. The van der Waals surface area contributed by atoms with E-state index >= 15 is 0 Å². The molecule has 0 saturated heterocycles. The number of nitrogens with zero attached hydrogens (tertiary/aromatic N) is 3. The van der Waals surface area contributed by atoms with Gasteiger partial charge >= 0.3 is 0 Å². The van der Waals surface area contributed by atoms with Gasteiger partial charge in [0.2, 0.25) is 5.95 Å².